The quantitative estimate of drug-likeness (QED) is 0.911. The van der Waals surface area contributed by atoms with Gasteiger partial charge in [-0.3, -0.25) is 9.59 Å². The molecular weight excluding hydrogens is 288 g/mol. The van der Waals surface area contributed by atoms with Crippen molar-refractivity contribution in [2.45, 2.75) is 19.4 Å². The van der Waals surface area contributed by atoms with Gasteiger partial charge < -0.3 is 15.8 Å². The van der Waals surface area contributed by atoms with Gasteiger partial charge in [-0.25, -0.2) is 0 Å². The lowest BCUT2D eigenvalue weighted by molar-refractivity contribution is -0.122. The topological polar surface area (TPSA) is 81.4 Å². The molecule has 108 valence electrons. The molecular formula is C15H14N2O3S. The van der Waals surface area contributed by atoms with E-state index in [0.717, 1.165) is 16.2 Å². The Labute approximate surface area is 125 Å². The Bertz CT molecular complexity index is 698. The molecule has 6 heteroatoms. The Hall–Kier alpha value is -2.34. The Kier molecular flexibility index (Phi) is 3.39. The SMILES string of the molecule is Cc1cc(C(N)=O)c(NC(=O)C2Cc3ccccc3O2)s1. The summed E-state index contributed by atoms with van der Waals surface area (Å²) in [4.78, 5) is 24.6. The minimum atomic E-state index is -0.578. The molecule has 2 aromatic rings. The van der Waals surface area contributed by atoms with Crippen LogP contribution in [0.3, 0.4) is 0 Å². The zero-order valence-corrected chi connectivity index (χ0v) is 12.2. The summed E-state index contributed by atoms with van der Waals surface area (Å²) in [6.45, 7) is 1.86. The van der Waals surface area contributed by atoms with Crippen LogP contribution >= 0.6 is 11.3 Å². The molecule has 1 aromatic heterocycles. The smallest absolute Gasteiger partial charge is 0.266 e. The van der Waals surface area contributed by atoms with Gasteiger partial charge in [0.15, 0.2) is 6.10 Å². The second-order valence-electron chi connectivity index (χ2n) is 4.87. The molecule has 0 radical (unpaired) electrons. The molecule has 0 saturated carbocycles. The highest BCUT2D eigenvalue weighted by molar-refractivity contribution is 7.16. The molecule has 0 bridgehead atoms. The normalized spacial score (nSPS) is 16.1. The highest BCUT2D eigenvalue weighted by Crippen LogP contribution is 2.31. The number of para-hydroxylation sites is 1. The van der Waals surface area contributed by atoms with Crippen molar-refractivity contribution < 1.29 is 14.3 Å². The van der Waals surface area contributed by atoms with E-state index in [1.54, 1.807) is 6.07 Å². The van der Waals surface area contributed by atoms with Crippen LogP contribution in [0, 0.1) is 6.92 Å². The van der Waals surface area contributed by atoms with E-state index in [0.29, 0.717) is 17.0 Å². The Balaban J connectivity index is 1.75. The van der Waals surface area contributed by atoms with Crippen molar-refractivity contribution in [3.05, 3.63) is 46.3 Å². The first-order chi connectivity index (χ1) is 10.0. The van der Waals surface area contributed by atoms with Gasteiger partial charge in [0.1, 0.15) is 10.8 Å². The molecule has 1 aliphatic rings. The lowest BCUT2D eigenvalue weighted by atomic mass is 10.1. The predicted octanol–water partition coefficient (Wildman–Crippen LogP) is 2.10. The van der Waals surface area contributed by atoms with Crippen LogP contribution in [-0.2, 0) is 11.2 Å². The number of nitrogens with one attached hydrogen (secondary N) is 1. The number of primary amides is 1. The van der Waals surface area contributed by atoms with Crippen molar-refractivity contribution in [1.29, 1.82) is 0 Å². The number of hydrogen-bond acceptors (Lipinski definition) is 4. The maximum absolute atomic E-state index is 12.3. The molecule has 3 N–H and O–H groups in total. The number of ether oxygens (including phenoxy) is 1. The fourth-order valence-corrected chi connectivity index (χ4v) is 3.23. The van der Waals surface area contributed by atoms with E-state index >= 15 is 0 Å². The van der Waals surface area contributed by atoms with Gasteiger partial charge in [-0.1, -0.05) is 18.2 Å². The zero-order valence-electron chi connectivity index (χ0n) is 11.4. The zero-order chi connectivity index (χ0) is 15.0. The first kappa shape index (κ1) is 13.6. The van der Waals surface area contributed by atoms with Crippen LogP contribution in [0.5, 0.6) is 5.75 Å². The number of aryl methyl sites for hydroxylation is 1. The number of amides is 2. The minimum absolute atomic E-state index is 0.268. The predicted molar refractivity (Wildman–Crippen MR) is 80.8 cm³/mol. The highest BCUT2D eigenvalue weighted by atomic mass is 32.1. The third-order valence-corrected chi connectivity index (χ3v) is 4.26. The van der Waals surface area contributed by atoms with Crippen LogP contribution in [0.2, 0.25) is 0 Å². The number of thiophene rings is 1. The maximum Gasteiger partial charge on any atom is 0.266 e. The van der Waals surface area contributed by atoms with Gasteiger partial charge in [0.05, 0.1) is 5.56 Å². The van der Waals surface area contributed by atoms with E-state index in [1.807, 2.05) is 31.2 Å². The fraction of sp³-hybridized carbons (Fsp3) is 0.200. The fourth-order valence-electron chi connectivity index (χ4n) is 2.31. The molecule has 21 heavy (non-hydrogen) atoms. The summed E-state index contributed by atoms with van der Waals surface area (Å²) in [6, 6.07) is 9.23. The van der Waals surface area contributed by atoms with Crippen LogP contribution in [0.25, 0.3) is 0 Å². The summed E-state index contributed by atoms with van der Waals surface area (Å²) in [7, 11) is 0. The minimum Gasteiger partial charge on any atom is -0.480 e. The third kappa shape index (κ3) is 2.62. The summed E-state index contributed by atoms with van der Waals surface area (Å²) in [5.41, 5.74) is 6.66. The molecule has 0 spiro atoms. The lowest BCUT2D eigenvalue weighted by Crippen LogP contribution is -2.31. The Morgan fingerprint density at radius 3 is 2.86 bits per heavy atom. The second-order valence-corrected chi connectivity index (χ2v) is 6.13. The summed E-state index contributed by atoms with van der Waals surface area (Å²) >= 11 is 1.33. The number of carbonyl (C=O) groups is 2. The third-order valence-electron chi connectivity index (χ3n) is 3.30. The number of nitrogens with two attached hydrogens (primary N) is 1. The first-order valence-corrected chi connectivity index (χ1v) is 7.32. The standard InChI is InChI=1S/C15H14N2O3S/c1-8-6-10(13(16)18)15(21-8)17-14(19)12-7-9-4-2-3-5-11(9)20-12/h2-6,12H,7H2,1H3,(H2,16,18)(H,17,19). The van der Waals surface area contributed by atoms with Gasteiger partial charge in [-0.15, -0.1) is 11.3 Å². The van der Waals surface area contributed by atoms with Crippen LogP contribution in [0.4, 0.5) is 5.00 Å². The number of rotatable bonds is 3. The van der Waals surface area contributed by atoms with Crippen molar-refractivity contribution in [1.82, 2.24) is 0 Å². The number of carbonyl (C=O) groups excluding carboxylic acids is 2. The van der Waals surface area contributed by atoms with Gasteiger partial charge in [-0.05, 0) is 24.6 Å². The monoisotopic (exact) mass is 302 g/mol. The molecule has 5 nitrogen and oxygen atoms in total. The number of anilines is 1. The van der Waals surface area contributed by atoms with Crippen molar-refractivity contribution in [3.8, 4) is 5.75 Å². The average molecular weight is 302 g/mol. The van der Waals surface area contributed by atoms with Gasteiger partial charge >= 0.3 is 0 Å². The molecule has 0 saturated heterocycles. The molecule has 1 aliphatic heterocycles. The second kappa shape index (κ2) is 5.21. The van der Waals surface area contributed by atoms with E-state index in [1.165, 1.54) is 11.3 Å². The number of fused-ring (bicyclic) bond motifs is 1. The Morgan fingerprint density at radius 1 is 1.38 bits per heavy atom. The van der Waals surface area contributed by atoms with Crippen LogP contribution < -0.4 is 15.8 Å². The molecule has 1 atom stereocenters. The van der Waals surface area contributed by atoms with Crippen LogP contribution in [0.1, 0.15) is 20.8 Å². The van der Waals surface area contributed by atoms with Gasteiger partial charge in [0.25, 0.3) is 11.8 Å². The van der Waals surface area contributed by atoms with Crippen LogP contribution in [-0.4, -0.2) is 17.9 Å². The van der Waals surface area contributed by atoms with Crippen molar-refractivity contribution in [2.24, 2.45) is 5.73 Å². The average Bonchev–Trinajstić information content (AvgIpc) is 3.02. The van der Waals surface area contributed by atoms with E-state index < -0.39 is 12.0 Å². The van der Waals surface area contributed by atoms with E-state index in [-0.39, 0.29) is 5.91 Å². The first-order valence-electron chi connectivity index (χ1n) is 6.50. The molecule has 2 amide bonds. The molecule has 1 aromatic carbocycles. The lowest BCUT2D eigenvalue weighted by Gasteiger charge is -2.10. The van der Waals surface area contributed by atoms with Gasteiger partial charge in [0.2, 0.25) is 0 Å². The Morgan fingerprint density at radius 2 is 2.14 bits per heavy atom. The maximum atomic E-state index is 12.3. The summed E-state index contributed by atoms with van der Waals surface area (Å²) in [5.74, 6) is -0.0871. The number of hydrogen-bond donors (Lipinski definition) is 2. The molecule has 1 unspecified atom stereocenters. The molecule has 0 aliphatic carbocycles. The summed E-state index contributed by atoms with van der Waals surface area (Å²) < 4.78 is 5.62. The van der Waals surface area contributed by atoms with E-state index in [9.17, 15) is 9.59 Å². The van der Waals surface area contributed by atoms with Crippen molar-refractivity contribution in [2.75, 3.05) is 5.32 Å². The van der Waals surface area contributed by atoms with Crippen molar-refractivity contribution >= 4 is 28.2 Å². The molecule has 0 fully saturated rings. The largest absolute Gasteiger partial charge is 0.480 e. The summed E-state index contributed by atoms with van der Waals surface area (Å²) in [6.07, 6.45) is -0.0522. The highest BCUT2D eigenvalue weighted by Gasteiger charge is 2.29. The van der Waals surface area contributed by atoms with Gasteiger partial charge in [-0.2, -0.15) is 0 Å². The number of benzene rings is 1. The van der Waals surface area contributed by atoms with Gasteiger partial charge in [0, 0.05) is 11.3 Å². The van der Waals surface area contributed by atoms with E-state index in [2.05, 4.69) is 5.32 Å². The van der Waals surface area contributed by atoms with Crippen LogP contribution in [0.15, 0.2) is 30.3 Å². The van der Waals surface area contributed by atoms with Crippen molar-refractivity contribution in [3.63, 3.8) is 0 Å². The molecule has 3 rings (SSSR count). The van der Waals surface area contributed by atoms with E-state index in [4.69, 9.17) is 10.5 Å². The molecule has 2 heterocycles. The summed E-state index contributed by atoms with van der Waals surface area (Å²) in [5, 5.41) is 3.22.